The molecular weight excluding hydrogens is 130 g/mol. The minimum atomic E-state index is -0.411. The zero-order valence-electron chi connectivity index (χ0n) is 6.55. The second-order valence-corrected chi connectivity index (χ2v) is 2.62. The molecule has 1 radical (unpaired) electrons. The van der Waals surface area contributed by atoms with Gasteiger partial charge in [0.1, 0.15) is 0 Å². The molecule has 0 heterocycles. The number of rotatable bonds is 2. The topological polar surface area (TPSA) is 48.2 Å². The van der Waals surface area contributed by atoms with E-state index in [-0.39, 0.29) is 11.8 Å². The van der Waals surface area contributed by atoms with Crippen LogP contribution < -0.4 is 5.32 Å². The average Bonchev–Trinajstić information content (AvgIpc) is 1.58. The fraction of sp³-hybridized carbons (Fsp3) is 0.714. The Bertz CT molecular complexity index is 141. The van der Waals surface area contributed by atoms with E-state index in [1.54, 1.807) is 0 Å². The van der Waals surface area contributed by atoms with Crippen LogP contribution in [-0.2, 0) is 9.59 Å². The highest BCUT2D eigenvalue weighted by Crippen LogP contribution is 1.98. The van der Waals surface area contributed by atoms with Gasteiger partial charge < -0.3 is 0 Å². The molecule has 10 heavy (non-hydrogen) atoms. The molecule has 0 rings (SSSR count). The minimum absolute atomic E-state index is 0.274. The Morgan fingerprint density at radius 1 is 1.40 bits per heavy atom. The molecule has 0 aliphatic heterocycles. The molecule has 0 aliphatic rings. The number of hydrogen-bond donors (Lipinski definition) is 0. The van der Waals surface area contributed by atoms with E-state index in [2.05, 4.69) is 5.32 Å². The van der Waals surface area contributed by atoms with Gasteiger partial charge in [0.15, 0.2) is 0 Å². The van der Waals surface area contributed by atoms with E-state index in [0.717, 1.165) is 0 Å². The summed E-state index contributed by atoms with van der Waals surface area (Å²) in [5, 5.41) is 3.24. The van der Waals surface area contributed by atoms with E-state index in [4.69, 9.17) is 0 Å². The molecule has 0 aromatic carbocycles. The Morgan fingerprint density at radius 3 is 2.20 bits per heavy atom. The molecule has 0 atom stereocenters. The van der Waals surface area contributed by atoms with E-state index >= 15 is 0 Å². The largest absolute Gasteiger partial charge is 0.273 e. The van der Waals surface area contributed by atoms with E-state index in [1.807, 2.05) is 13.8 Å². The lowest BCUT2D eigenvalue weighted by molar-refractivity contribution is -0.130. The Morgan fingerprint density at radius 2 is 1.90 bits per heavy atom. The van der Waals surface area contributed by atoms with Gasteiger partial charge >= 0.3 is 0 Å². The monoisotopic (exact) mass is 142 g/mol. The average molecular weight is 142 g/mol. The van der Waals surface area contributed by atoms with Gasteiger partial charge in [0.2, 0.25) is 11.8 Å². The molecule has 0 aromatic rings. The van der Waals surface area contributed by atoms with Crippen molar-refractivity contribution in [2.45, 2.75) is 27.2 Å². The molecule has 2 amide bonds. The van der Waals surface area contributed by atoms with Crippen molar-refractivity contribution in [2.24, 2.45) is 5.92 Å². The fourth-order valence-electron chi connectivity index (χ4n) is 0.570. The highest BCUT2D eigenvalue weighted by Gasteiger charge is 2.07. The predicted molar refractivity (Wildman–Crippen MR) is 37.3 cm³/mol. The third kappa shape index (κ3) is 5.28. The highest BCUT2D eigenvalue weighted by atomic mass is 16.2. The zero-order valence-corrected chi connectivity index (χ0v) is 6.55. The summed E-state index contributed by atoms with van der Waals surface area (Å²) in [6.45, 7) is 5.10. The molecule has 3 nitrogen and oxygen atoms in total. The van der Waals surface area contributed by atoms with Crippen LogP contribution in [0.25, 0.3) is 0 Å². The predicted octanol–water partition coefficient (Wildman–Crippen LogP) is 0.710. The van der Waals surface area contributed by atoms with E-state index in [9.17, 15) is 9.59 Å². The lowest BCUT2D eigenvalue weighted by atomic mass is 10.1. The van der Waals surface area contributed by atoms with Crippen molar-refractivity contribution >= 4 is 11.8 Å². The van der Waals surface area contributed by atoms with Gasteiger partial charge in [-0.25, -0.2) is 0 Å². The molecule has 0 saturated carbocycles. The fourth-order valence-corrected chi connectivity index (χ4v) is 0.570. The van der Waals surface area contributed by atoms with Crippen molar-refractivity contribution in [3.05, 3.63) is 0 Å². The van der Waals surface area contributed by atoms with Crippen LogP contribution in [0.5, 0.6) is 0 Å². The van der Waals surface area contributed by atoms with Gasteiger partial charge in [-0.2, -0.15) is 5.32 Å². The van der Waals surface area contributed by atoms with E-state index in [0.29, 0.717) is 6.42 Å². The maximum absolute atomic E-state index is 10.7. The summed E-state index contributed by atoms with van der Waals surface area (Å²) < 4.78 is 0. The molecule has 0 saturated heterocycles. The molecule has 0 N–H and O–H groups in total. The maximum atomic E-state index is 10.7. The van der Waals surface area contributed by atoms with Crippen LogP contribution in [0.4, 0.5) is 0 Å². The molecule has 0 aromatic heterocycles. The third-order valence-electron chi connectivity index (χ3n) is 0.865. The summed E-state index contributed by atoms with van der Waals surface area (Å²) in [6.07, 6.45) is 0.361. The van der Waals surface area contributed by atoms with Gasteiger partial charge in [0, 0.05) is 13.3 Å². The first-order valence-corrected chi connectivity index (χ1v) is 3.27. The minimum Gasteiger partial charge on any atom is -0.273 e. The lowest BCUT2D eigenvalue weighted by Crippen LogP contribution is -2.21. The molecule has 0 bridgehead atoms. The number of carbonyl (C=O) groups is 2. The SMILES string of the molecule is CC(=O)[N]C(=O)CC(C)C. The van der Waals surface area contributed by atoms with Crippen molar-refractivity contribution in [1.29, 1.82) is 0 Å². The summed E-state index contributed by atoms with van der Waals surface area (Å²) in [4.78, 5) is 20.9. The number of hydrogen-bond acceptors (Lipinski definition) is 2. The van der Waals surface area contributed by atoms with Gasteiger partial charge in [-0.3, -0.25) is 9.59 Å². The van der Waals surface area contributed by atoms with Crippen molar-refractivity contribution in [1.82, 2.24) is 5.32 Å². The van der Waals surface area contributed by atoms with Crippen LogP contribution in [0.1, 0.15) is 27.2 Å². The molecule has 57 valence electrons. The summed E-state index contributed by atoms with van der Waals surface area (Å²) in [5.41, 5.74) is 0. The van der Waals surface area contributed by atoms with Crippen LogP contribution >= 0.6 is 0 Å². The van der Waals surface area contributed by atoms with Crippen molar-refractivity contribution in [2.75, 3.05) is 0 Å². The maximum Gasteiger partial charge on any atom is 0.249 e. The highest BCUT2D eigenvalue weighted by molar-refractivity contribution is 5.93. The number of amides is 2. The zero-order chi connectivity index (χ0) is 8.15. The first kappa shape index (κ1) is 9.14. The third-order valence-corrected chi connectivity index (χ3v) is 0.865. The molecule has 3 heteroatoms. The molecule has 0 spiro atoms. The van der Waals surface area contributed by atoms with Crippen LogP contribution in [-0.4, -0.2) is 11.8 Å². The van der Waals surface area contributed by atoms with Gasteiger partial charge in [-0.1, -0.05) is 13.8 Å². The summed E-state index contributed by atoms with van der Waals surface area (Å²) in [6, 6.07) is 0. The lowest BCUT2D eigenvalue weighted by Gasteiger charge is -1.99. The smallest absolute Gasteiger partial charge is 0.249 e. The van der Waals surface area contributed by atoms with Gasteiger partial charge in [-0.15, -0.1) is 0 Å². The number of imide groups is 1. The first-order valence-electron chi connectivity index (χ1n) is 3.27. The Hall–Kier alpha value is -0.860. The van der Waals surface area contributed by atoms with Crippen molar-refractivity contribution < 1.29 is 9.59 Å². The first-order chi connectivity index (χ1) is 4.52. The van der Waals surface area contributed by atoms with E-state index in [1.165, 1.54) is 6.92 Å². The van der Waals surface area contributed by atoms with Crippen LogP contribution in [0.3, 0.4) is 0 Å². The van der Waals surface area contributed by atoms with Crippen molar-refractivity contribution in [3.63, 3.8) is 0 Å². The van der Waals surface area contributed by atoms with Gasteiger partial charge in [0.05, 0.1) is 0 Å². The molecule has 0 fully saturated rings. The quantitative estimate of drug-likeness (QED) is 0.570. The second kappa shape index (κ2) is 4.04. The second-order valence-electron chi connectivity index (χ2n) is 2.62. The summed E-state index contributed by atoms with van der Waals surface area (Å²) >= 11 is 0. The Kier molecular flexibility index (Phi) is 3.69. The van der Waals surface area contributed by atoms with Crippen LogP contribution in [0, 0.1) is 5.92 Å². The molecule has 0 aliphatic carbocycles. The Labute approximate surface area is 60.8 Å². The van der Waals surface area contributed by atoms with Crippen molar-refractivity contribution in [3.8, 4) is 0 Å². The van der Waals surface area contributed by atoms with Crippen LogP contribution in [0.2, 0.25) is 0 Å². The number of nitrogens with zero attached hydrogens (tertiary/aromatic N) is 1. The summed E-state index contributed by atoms with van der Waals surface area (Å²) in [5.74, 6) is -0.455. The molecule has 0 unspecified atom stereocenters. The normalized spacial score (nSPS) is 9.60. The Balaban J connectivity index is 3.54. The van der Waals surface area contributed by atoms with Gasteiger partial charge in [0.25, 0.3) is 0 Å². The number of carbonyl (C=O) groups excluding carboxylic acids is 2. The standard InChI is InChI=1S/C7H12NO2/c1-5(2)4-7(10)8-6(3)9/h5H,4H2,1-3H3. The van der Waals surface area contributed by atoms with Crippen LogP contribution in [0.15, 0.2) is 0 Å². The van der Waals surface area contributed by atoms with E-state index < -0.39 is 5.91 Å². The molecular formula is C7H12NO2. The summed E-state index contributed by atoms with van der Waals surface area (Å²) in [7, 11) is 0. The van der Waals surface area contributed by atoms with Gasteiger partial charge in [-0.05, 0) is 5.92 Å².